The highest BCUT2D eigenvalue weighted by Crippen LogP contribution is 2.25. The van der Waals surface area contributed by atoms with Crippen LogP contribution in [0.2, 0.25) is 0 Å². The van der Waals surface area contributed by atoms with Crippen LogP contribution in [0.3, 0.4) is 0 Å². The molecule has 25 heavy (non-hydrogen) atoms. The molecule has 0 aromatic heterocycles. The molecule has 0 bridgehead atoms. The Morgan fingerprint density at radius 3 is 2.68 bits per heavy atom. The molecule has 1 aromatic carbocycles. The second-order valence-corrected chi connectivity index (χ2v) is 7.23. The number of hydrogen-bond donors (Lipinski definition) is 2. The van der Waals surface area contributed by atoms with Gasteiger partial charge in [-0.05, 0) is 43.4 Å². The van der Waals surface area contributed by atoms with E-state index in [1.54, 1.807) is 6.07 Å². The van der Waals surface area contributed by atoms with E-state index in [-0.39, 0.29) is 35.5 Å². The fourth-order valence-corrected chi connectivity index (χ4v) is 3.92. The van der Waals surface area contributed by atoms with E-state index < -0.39 is 0 Å². The summed E-state index contributed by atoms with van der Waals surface area (Å²) in [5.74, 6) is 0.0614. The van der Waals surface area contributed by atoms with Gasteiger partial charge in [0.05, 0.1) is 13.0 Å². The molecule has 3 rings (SSSR count). The van der Waals surface area contributed by atoms with Crippen molar-refractivity contribution < 1.29 is 13.9 Å². The summed E-state index contributed by atoms with van der Waals surface area (Å²) in [4.78, 5) is 14.6. The normalized spacial score (nSPS) is 25.1. The number of carbonyl (C=O) groups excluding carboxylic acids is 1. The summed E-state index contributed by atoms with van der Waals surface area (Å²) in [5.41, 5.74) is 6.96. The van der Waals surface area contributed by atoms with Crippen molar-refractivity contribution >= 4 is 5.91 Å². The van der Waals surface area contributed by atoms with Crippen LogP contribution in [0, 0.1) is 11.7 Å². The SMILES string of the molecule is COc1ccc(CN2CCC(NC(=O)[C@@H]3CCC[C@@H]3N)CC2)cc1F. The number of piperidine rings is 1. The van der Waals surface area contributed by atoms with Crippen LogP contribution in [-0.2, 0) is 11.3 Å². The summed E-state index contributed by atoms with van der Waals surface area (Å²) in [5, 5.41) is 3.18. The van der Waals surface area contributed by atoms with E-state index in [0.717, 1.165) is 57.3 Å². The Kier molecular flexibility index (Phi) is 5.91. The molecule has 6 heteroatoms. The van der Waals surface area contributed by atoms with Crippen LogP contribution >= 0.6 is 0 Å². The van der Waals surface area contributed by atoms with Crippen molar-refractivity contribution in [2.45, 2.75) is 50.7 Å². The third kappa shape index (κ3) is 4.50. The third-order valence-electron chi connectivity index (χ3n) is 5.46. The fourth-order valence-electron chi connectivity index (χ4n) is 3.92. The number of likely N-dealkylation sites (tertiary alicyclic amines) is 1. The van der Waals surface area contributed by atoms with Crippen LogP contribution in [0.15, 0.2) is 18.2 Å². The number of halogens is 1. The van der Waals surface area contributed by atoms with Crippen LogP contribution in [-0.4, -0.2) is 43.1 Å². The van der Waals surface area contributed by atoms with Crippen molar-refractivity contribution in [2.24, 2.45) is 11.7 Å². The van der Waals surface area contributed by atoms with Gasteiger partial charge in [-0.1, -0.05) is 12.5 Å². The number of carbonyl (C=O) groups is 1. The van der Waals surface area contributed by atoms with Crippen LogP contribution < -0.4 is 15.8 Å². The predicted molar refractivity (Wildman–Crippen MR) is 94.7 cm³/mol. The van der Waals surface area contributed by atoms with Crippen LogP contribution in [0.4, 0.5) is 4.39 Å². The summed E-state index contributed by atoms with van der Waals surface area (Å²) in [6.07, 6.45) is 4.76. The van der Waals surface area contributed by atoms with E-state index in [1.807, 2.05) is 6.07 Å². The van der Waals surface area contributed by atoms with Gasteiger partial charge in [0.1, 0.15) is 0 Å². The van der Waals surface area contributed by atoms with Crippen molar-refractivity contribution in [1.29, 1.82) is 0 Å². The van der Waals surface area contributed by atoms with Gasteiger partial charge in [-0.3, -0.25) is 9.69 Å². The zero-order valence-electron chi connectivity index (χ0n) is 14.8. The van der Waals surface area contributed by atoms with Gasteiger partial charge >= 0.3 is 0 Å². The highest BCUT2D eigenvalue weighted by atomic mass is 19.1. The molecule has 1 heterocycles. The van der Waals surface area contributed by atoms with Crippen molar-refractivity contribution in [3.63, 3.8) is 0 Å². The molecule has 2 atom stereocenters. The molecule has 3 N–H and O–H groups in total. The largest absolute Gasteiger partial charge is 0.494 e. The second-order valence-electron chi connectivity index (χ2n) is 7.23. The number of benzene rings is 1. The summed E-state index contributed by atoms with van der Waals surface area (Å²) < 4.78 is 18.7. The lowest BCUT2D eigenvalue weighted by Gasteiger charge is -2.33. The van der Waals surface area contributed by atoms with E-state index in [0.29, 0.717) is 0 Å². The summed E-state index contributed by atoms with van der Waals surface area (Å²) in [6.45, 7) is 2.51. The summed E-state index contributed by atoms with van der Waals surface area (Å²) in [7, 11) is 1.47. The van der Waals surface area contributed by atoms with Gasteiger partial charge in [-0.2, -0.15) is 0 Å². The average molecular weight is 349 g/mol. The first kappa shape index (κ1) is 18.1. The Hall–Kier alpha value is -1.66. The van der Waals surface area contributed by atoms with Gasteiger partial charge in [0.2, 0.25) is 5.91 Å². The molecular weight excluding hydrogens is 321 g/mol. The molecule has 1 amide bonds. The average Bonchev–Trinajstić information content (AvgIpc) is 3.03. The molecule has 138 valence electrons. The molecule has 1 saturated heterocycles. The molecule has 2 fully saturated rings. The lowest BCUT2D eigenvalue weighted by atomic mass is 10.00. The van der Waals surface area contributed by atoms with E-state index in [4.69, 9.17) is 10.5 Å². The molecular formula is C19H28FN3O2. The molecule has 0 radical (unpaired) electrons. The first-order valence-corrected chi connectivity index (χ1v) is 9.17. The Labute approximate surface area is 148 Å². The van der Waals surface area contributed by atoms with E-state index in [9.17, 15) is 9.18 Å². The molecule has 2 aliphatic rings. The Morgan fingerprint density at radius 1 is 1.32 bits per heavy atom. The van der Waals surface area contributed by atoms with Crippen LogP contribution in [0.1, 0.15) is 37.7 Å². The number of ether oxygens (including phenoxy) is 1. The Balaban J connectivity index is 1.45. The first-order chi connectivity index (χ1) is 12.1. The minimum Gasteiger partial charge on any atom is -0.494 e. The standard InChI is InChI=1S/C19H28FN3O2/c1-25-18-6-5-13(11-16(18)20)12-23-9-7-14(8-10-23)22-19(24)15-3-2-4-17(15)21/h5-6,11,14-15,17H,2-4,7-10,12,21H2,1H3,(H,22,24)/t15-,17+/m1/s1. The van der Waals surface area contributed by atoms with Gasteiger partial charge in [-0.25, -0.2) is 4.39 Å². The minimum absolute atomic E-state index is 0.0136. The molecule has 1 aliphatic carbocycles. The van der Waals surface area contributed by atoms with Crippen LogP contribution in [0.5, 0.6) is 5.75 Å². The maximum absolute atomic E-state index is 13.8. The molecule has 1 aliphatic heterocycles. The maximum Gasteiger partial charge on any atom is 0.224 e. The smallest absolute Gasteiger partial charge is 0.224 e. The summed E-state index contributed by atoms with van der Waals surface area (Å²) in [6, 6.07) is 5.35. The minimum atomic E-state index is -0.324. The number of nitrogens with one attached hydrogen (secondary N) is 1. The van der Waals surface area contributed by atoms with Crippen molar-refractivity contribution in [3.05, 3.63) is 29.6 Å². The van der Waals surface area contributed by atoms with Crippen molar-refractivity contribution in [3.8, 4) is 5.75 Å². The number of rotatable bonds is 5. The monoisotopic (exact) mass is 349 g/mol. The first-order valence-electron chi connectivity index (χ1n) is 9.17. The van der Waals surface area contributed by atoms with Gasteiger partial charge in [0.25, 0.3) is 0 Å². The van der Waals surface area contributed by atoms with Gasteiger partial charge < -0.3 is 15.8 Å². The highest BCUT2D eigenvalue weighted by Gasteiger charge is 2.32. The number of hydrogen-bond acceptors (Lipinski definition) is 4. The quantitative estimate of drug-likeness (QED) is 0.854. The Morgan fingerprint density at radius 2 is 2.08 bits per heavy atom. The Bertz CT molecular complexity index is 602. The van der Waals surface area contributed by atoms with E-state index >= 15 is 0 Å². The lowest BCUT2D eigenvalue weighted by molar-refractivity contribution is -0.126. The predicted octanol–water partition coefficient (Wildman–Crippen LogP) is 2.04. The number of amides is 1. The van der Waals surface area contributed by atoms with Gasteiger partial charge in [0.15, 0.2) is 11.6 Å². The molecule has 0 spiro atoms. The zero-order valence-corrected chi connectivity index (χ0v) is 14.8. The second kappa shape index (κ2) is 8.15. The summed E-state index contributed by atoms with van der Waals surface area (Å²) >= 11 is 0. The fraction of sp³-hybridized carbons (Fsp3) is 0.632. The molecule has 5 nitrogen and oxygen atoms in total. The number of methoxy groups -OCH3 is 1. The van der Waals surface area contributed by atoms with E-state index in [2.05, 4.69) is 10.2 Å². The van der Waals surface area contributed by atoms with Gasteiger partial charge in [0, 0.05) is 31.7 Å². The van der Waals surface area contributed by atoms with Gasteiger partial charge in [-0.15, -0.1) is 0 Å². The number of nitrogens with two attached hydrogens (primary N) is 1. The lowest BCUT2D eigenvalue weighted by Crippen LogP contribution is -2.48. The third-order valence-corrected chi connectivity index (χ3v) is 5.46. The molecule has 1 saturated carbocycles. The molecule has 0 unspecified atom stereocenters. The van der Waals surface area contributed by atoms with Crippen LogP contribution in [0.25, 0.3) is 0 Å². The van der Waals surface area contributed by atoms with Crippen molar-refractivity contribution in [1.82, 2.24) is 10.2 Å². The highest BCUT2D eigenvalue weighted by molar-refractivity contribution is 5.80. The van der Waals surface area contributed by atoms with E-state index in [1.165, 1.54) is 13.2 Å². The topological polar surface area (TPSA) is 67.6 Å². The zero-order chi connectivity index (χ0) is 17.8. The molecule has 1 aromatic rings. The number of nitrogens with zero attached hydrogens (tertiary/aromatic N) is 1. The maximum atomic E-state index is 13.8. The van der Waals surface area contributed by atoms with Crippen molar-refractivity contribution in [2.75, 3.05) is 20.2 Å².